The molecule has 0 spiro atoms. The third kappa shape index (κ3) is 2.36. The second-order valence-corrected chi connectivity index (χ2v) is 4.22. The van der Waals surface area contributed by atoms with Crippen LogP contribution in [0.25, 0.3) is 0 Å². The number of imide groups is 1. The zero-order valence-electron chi connectivity index (χ0n) is 9.74. The molecule has 2 rings (SSSR count). The van der Waals surface area contributed by atoms with Crippen molar-refractivity contribution in [2.75, 3.05) is 0 Å². The molecule has 0 saturated carbocycles. The molecule has 1 aromatic heterocycles. The molecule has 8 nitrogen and oxygen atoms in total. The molecule has 96 valence electrons. The molecule has 1 unspecified atom stereocenters. The Morgan fingerprint density at radius 3 is 2.83 bits per heavy atom. The summed E-state index contributed by atoms with van der Waals surface area (Å²) in [5, 5.41) is 15.9. The summed E-state index contributed by atoms with van der Waals surface area (Å²) in [6.45, 7) is 1.44. The largest absolute Gasteiger partial charge is 0.480 e. The summed E-state index contributed by atoms with van der Waals surface area (Å²) in [4.78, 5) is 34.8. The number of rotatable bonds is 4. The summed E-state index contributed by atoms with van der Waals surface area (Å²) in [5.74, 6) is -1.80. The zero-order chi connectivity index (χ0) is 13.3. The van der Waals surface area contributed by atoms with E-state index in [9.17, 15) is 14.4 Å². The average Bonchev–Trinajstić information content (AvgIpc) is 2.79. The van der Waals surface area contributed by atoms with Crippen molar-refractivity contribution in [1.82, 2.24) is 19.9 Å². The van der Waals surface area contributed by atoms with E-state index < -0.39 is 5.97 Å². The topological polar surface area (TPSA) is 105 Å². The van der Waals surface area contributed by atoms with Crippen LogP contribution in [-0.2, 0) is 27.5 Å². The van der Waals surface area contributed by atoms with Crippen molar-refractivity contribution >= 4 is 17.8 Å². The van der Waals surface area contributed by atoms with Crippen molar-refractivity contribution in [2.24, 2.45) is 5.92 Å². The van der Waals surface area contributed by atoms with Crippen LogP contribution in [-0.4, -0.2) is 42.8 Å². The standard InChI is InChI=1S/C10H12N4O4/c1-6-2-8(15)14(10(6)18)4-7-3-13(12-11-7)5-9(16)17/h3,6H,2,4-5H2,1H3,(H,16,17). The summed E-state index contributed by atoms with van der Waals surface area (Å²) < 4.78 is 1.14. The van der Waals surface area contributed by atoms with E-state index >= 15 is 0 Å². The van der Waals surface area contributed by atoms with Gasteiger partial charge in [-0.25, -0.2) is 4.68 Å². The smallest absolute Gasteiger partial charge is 0.325 e. The normalized spacial score (nSPS) is 19.6. The molecule has 2 heterocycles. The van der Waals surface area contributed by atoms with Crippen LogP contribution in [0.2, 0.25) is 0 Å². The molecule has 18 heavy (non-hydrogen) atoms. The molecule has 1 aliphatic rings. The van der Waals surface area contributed by atoms with Crippen LogP contribution in [0.1, 0.15) is 19.0 Å². The Bertz CT molecular complexity index is 510. The van der Waals surface area contributed by atoms with E-state index in [0.29, 0.717) is 5.69 Å². The lowest BCUT2D eigenvalue weighted by molar-refractivity contribution is -0.140. The van der Waals surface area contributed by atoms with Gasteiger partial charge in [-0.1, -0.05) is 12.1 Å². The Labute approximate surface area is 102 Å². The zero-order valence-corrected chi connectivity index (χ0v) is 9.74. The number of hydrogen-bond acceptors (Lipinski definition) is 5. The quantitative estimate of drug-likeness (QED) is 0.707. The molecule has 0 radical (unpaired) electrons. The van der Waals surface area contributed by atoms with Gasteiger partial charge >= 0.3 is 5.97 Å². The number of carboxylic acids is 1. The highest BCUT2D eigenvalue weighted by atomic mass is 16.4. The number of aliphatic carboxylic acids is 1. The van der Waals surface area contributed by atoms with Crippen molar-refractivity contribution in [2.45, 2.75) is 26.4 Å². The van der Waals surface area contributed by atoms with E-state index in [1.807, 2.05) is 0 Å². The number of likely N-dealkylation sites (tertiary alicyclic amines) is 1. The first-order valence-electron chi connectivity index (χ1n) is 5.42. The number of hydrogen-bond donors (Lipinski definition) is 1. The molecule has 0 aromatic carbocycles. The summed E-state index contributed by atoms with van der Waals surface area (Å²) in [5.41, 5.74) is 0.395. The Morgan fingerprint density at radius 1 is 1.56 bits per heavy atom. The first-order chi connectivity index (χ1) is 8.47. The van der Waals surface area contributed by atoms with Gasteiger partial charge in [0.15, 0.2) is 0 Å². The lowest BCUT2D eigenvalue weighted by Crippen LogP contribution is -2.29. The van der Waals surface area contributed by atoms with Gasteiger partial charge in [0.25, 0.3) is 0 Å². The minimum atomic E-state index is -1.03. The van der Waals surface area contributed by atoms with Crippen molar-refractivity contribution in [3.63, 3.8) is 0 Å². The molecule has 1 N–H and O–H groups in total. The Balaban J connectivity index is 2.05. The Morgan fingerprint density at radius 2 is 2.28 bits per heavy atom. The summed E-state index contributed by atoms with van der Waals surface area (Å²) >= 11 is 0. The fraction of sp³-hybridized carbons (Fsp3) is 0.500. The maximum Gasteiger partial charge on any atom is 0.325 e. The van der Waals surface area contributed by atoms with Crippen LogP contribution in [0.3, 0.4) is 0 Å². The molecule has 1 aliphatic heterocycles. The minimum absolute atomic E-state index is 0.0433. The SMILES string of the molecule is CC1CC(=O)N(Cc2cn(CC(=O)O)nn2)C1=O. The van der Waals surface area contributed by atoms with Crippen molar-refractivity contribution in [3.8, 4) is 0 Å². The van der Waals surface area contributed by atoms with Gasteiger partial charge in [-0.05, 0) is 0 Å². The first-order valence-corrected chi connectivity index (χ1v) is 5.42. The van der Waals surface area contributed by atoms with Crippen molar-refractivity contribution < 1.29 is 19.5 Å². The fourth-order valence-corrected chi connectivity index (χ4v) is 1.80. The maximum absolute atomic E-state index is 11.7. The average molecular weight is 252 g/mol. The lowest BCUT2D eigenvalue weighted by atomic mass is 10.1. The van der Waals surface area contributed by atoms with E-state index in [1.54, 1.807) is 6.92 Å². The highest BCUT2D eigenvalue weighted by Gasteiger charge is 2.35. The number of amides is 2. The lowest BCUT2D eigenvalue weighted by Gasteiger charge is -2.11. The number of carbonyl (C=O) groups excluding carboxylic acids is 2. The molecule has 0 aliphatic carbocycles. The molecule has 2 amide bonds. The number of carboxylic acid groups (broad SMARTS) is 1. The van der Waals surface area contributed by atoms with E-state index in [2.05, 4.69) is 10.3 Å². The van der Waals surface area contributed by atoms with Gasteiger partial charge in [0.1, 0.15) is 12.2 Å². The Kier molecular flexibility index (Phi) is 3.09. The third-order valence-corrected chi connectivity index (χ3v) is 2.67. The maximum atomic E-state index is 11.7. The summed E-state index contributed by atoms with van der Waals surface area (Å²) in [6, 6.07) is 0. The van der Waals surface area contributed by atoms with E-state index in [-0.39, 0.29) is 37.2 Å². The molecular formula is C10H12N4O4. The first kappa shape index (κ1) is 12.2. The van der Waals surface area contributed by atoms with Gasteiger partial charge in [-0.3, -0.25) is 19.3 Å². The molecule has 1 fully saturated rings. The molecule has 1 saturated heterocycles. The summed E-state index contributed by atoms with van der Waals surface area (Å²) in [6.07, 6.45) is 1.62. The molecular weight excluding hydrogens is 240 g/mol. The molecule has 8 heteroatoms. The molecule has 1 atom stereocenters. The number of carbonyl (C=O) groups is 3. The summed E-state index contributed by atoms with van der Waals surface area (Å²) in [7, 11) is 0. The minimum Gasteiger partial charge on any atom is -0.480 e. The third-order valence-electron chi connectivity index (χ3n) is 2.67. The second kappa shape index (κ2) is 4.55. The van der Waals surface area contributed by atoms with Gasteiger partial charge in [0.05, 0.1) is 12.7 Å². The van der Waals surface area contributed by atoms with Gasteiger partial charge in [0.2, 0.25) is 11.8 Å². The Hall–Kier alpha value is -2.25. The highest BCUT2D eigenvalue weighted by molar-refractivity contribution is 6.03. The molecule has 1 aromatic rings. The number of nitrogens with zero attached hydrogens (tertiary/aromatic N) is 4. The van der Waals surface area contributed by atoms with Crippen LogP contribution in [0.4, 0.5) is 0 Å². The van der Waals surface area contributed by atoms with Gasteiger partial charge in [-0.15, -0.1) is 5.10 Å². The predicted molar refractivity (Wildman–Crippen MR) is 57.0 cm³/mol. The predicted octanol–water partition coefficient (Wildman–Crippen LogP) is -0.742. The fourth-order valence-electron chi connectivity index (χ4n) is 1.80. The van der Waals surface area contributed by atoms with Crippen LogP contribution in [0, 0.1) is 5.92 Å². The second-order valence-electron chi connectivity index (χ2n) is 4.22. The van der Waals surface area contributed by atoms with Crippen LogP contribution >= 0.6 is 0 Å². The van der Waals surface area contributed by atoms with E-state index in [4.69, 9.17) is 5.11 Å². The number of aromatic nitrogens is 3. The van der Waals surface area contributed by atoms with Crippen molar-refractivity contribution in [3.05, 3.63) is 11.9 Å². The monoisotopic (exact) mass is 252 g/mol. The van der Waals surface area contributed by atoms with E-state index in [0.717, 1.165) is 9.58 Å². The van der Waals surface area contributed by atoms with Crippen LogP contribution < -0.4 is 0 Å². The van der Waals surface area contributed by atoms with Gasteiger partial charge in [-0.2, -0.15) is 0 Å². The van der Waals surface area contributed by atoms with E-state index in [1.165, 1.54) is 6.20 Å². The highest BCUT2D eigenvalue weighted by Crippen LogP contribution is 2.20. The van der Waals surface area contributed by atoms with Crippen molar-refractivity contribution in [1.29, 1.82) is 0 Å². The van der Waals surface area contributed by atoms with Crippen LogP contribution in [0.5, 0.6) is 0 Å². The van der Waals surface area contributed by atoms with Gasteiger partial charge in [0, 0.05) is 12.3 Å². The molecule has 0 bridgehead atoms. The van der Waals surface area contributed by atoms with Gasteiger partial charge < -0.3 is 5.11 Å². The van der Waals surface area contributed by atoms with Crippen LogP contribution in [0.15, 0.2) is 6.20 Å².